The average molecular weight is 531 g/mol. The van der Waals surface area contributed by atoms with Crippen molar-refractivity contribution in [3.05, 3.63) is 23.8 Å². The highest BCUT2D eigenvalue weighted by atomic mass is 16.7. The van der Waals surface area contributed by atoms with Crippen LogP contribution in [-0.4, -0.2) is 54.6 Å². The molecule has 0 saturated heterocycles. The fourth-order valence-electron chi connectivity index (χ4n) is 7.52. The third-order valence-corrected chi connectivity index (χ3v) is 9.16. The number of hydrogen-bond donors (Lipinski definition) is 0. The van der Waals surface area contributed by atoms with Gasteiger partial charge in [0.2, 0.25) is 5.78 Å². The minimum Gasteiger partial charge on any atom is -0.434 e. The largest absolute Gasteiger partial charge is 0.509 e. The van der Waals surface area contributed by atoms with Crippen LogP contribution in [0.1, 0.15) is 73.1 Å². The van der Waals surface area contributed by atoms with Gasteiger partial charge in [-0.1, -0.05) is 32.4 Å². The number of hydrogen-bond acceptors (Lipinski definition) is 9. The molecular weight excluding hydrogens is 492 g/mol. The second-order valence-electron chi connectivity index (χ2n) is 11.7. The molecule has 208 valence electrons. The van der Waals surface area contributed by atoms with Crippen molar-refractivity contribution in [2.75, 3.05) is 13.2 Å². The van der Waals surface area contributed by atoms with Crippen LogP contribution in [0, 0.1) is 28.6 Å². The van der Waals surface area contributed by atoms with Gasteiger partial charge in [0, 0.05) is 23.2 Å². The fraction of sp³-hybridized carbons (Fsp3) is 0.690. The van der Waals surface area contributed by atoms with Gasteiger partial charge in [-0.15, -0.1) is 0 Å². The first-order valence-electron chi connectivity index (χ1n) is 13.6. The number of ketones is 3. The van der Waals surface area contributed by atoms with Crippen LogP contribution >= 0.6 is 0 Å². The van der Waals surface area contributed by atoms with Crippen LogP contribution < -0.4 is 0 Å². The lowest BCUT2D eigenvalue weighted by atomic mass is 9.46. The molecule has 38 heavy (non-hydrogen) atoms. The minimum absolute atomic E-state index is 0.0206. The van der Waals surface area contributed by atoms with Crippen molar-refractivity contribution in [3.8, 4) is 0 Å². The molecule has 0 unspecified atom stereocenters. The third-order valence-electron chi connectivity index (χ3n) is 9.16. The Balaban J connectivity index is 1.67. The maximum absolute atomic E-state index is 13.9. The van der Waals surface area contributed by atoms with Gasteiger partial charge in [-0.25, -0.2) is 9.59 Å². The zero-order chi connectivity index (χ0) is 27.9. The Morgan fingerprint density at radius 1 is 1.08 bits per heavy atom. The average Bonchev–Trinajstić information content (AvgIpc) is 3.13. The van der Waals surface area contributed by atoms with Gasteiger partial charge in [-0.3, -0.25) is 14.4 Å². The molecule has 0 N–H and O–H groups in total. The molecule has 0 spiro atoms. The second kappa shape index (κ2) is 10.3. The molecule has 0 aromatic heterocycles. The van der Waals surface area contributed by atoms with Crippen molar-refractivity contribution in [2.45, 2.75) is 84.8 Å². The van der Waals surface area contributed by atoms with E-state index in [0.717, 1.165) is 5.57 Å². The number of fused-ring (bicyclic) bond motifs is 5. The summed E-state index contributed by atoms with van der Waals surface area (Å²) < 4.78 is 21.1. The van der Waals surface area contributed by atoms with E-state index in [2.05, 4.69) is 0 Å². The number of Topliss-reactive ketones (excluding diaryl/α,β-unsaturated/α-hetero) is 2. The van der Waals surface area contributed by atoms with E-state index >= 15 is 0 Å². The van der Waals surface area contributed by atoms with E-state index in [4.69, 9.17) is 18.9 Å². The Hall–Kier alpha value is -2.97. The Morgan fingerprint density at radius 2 is 1.82 bits per heavy atom. The minimum atomic E-state index is -1.68. The van der Waals surface area contributed by atoms with E-state index in [-0.39, 0.29) is 48.8 Å². The second-order valence-corrected chi connectivity index (χ2v) is 11.7. The van der Waals surface area contributed by atoms with Crippen LogP contribution in [-0.2, 0) is 33.3 Å². The molecule has 4 aliphatic rings. The van der Waals surface area contributed by atoms with Gasteiger partial charge in [-0.2, -0.15) is 0 Å². The Kier molecular flexibility index (Phi) is 7.60. The summed E-state index contributed by atoms with van der Waals surface area (Å²) in [4.78, 5) is 64.5. The fourth-order valence-corrected chi connectivity index (χ4v) is 7.52. The Bertz CT molecular complexity index is 1090. The summed E-state index contributed by atoms with van der Waals surface area (Å²) in [6, 6.07) is 0. The highest BCUT2D eigenvalue weighted by Gasteiger charge is 2.70. The van der Waals surface area contributed by atoms with Crippen molar-refractivity contribution in [1.29, 1.82) is 0 Å². The van der Waals surface area contributed by atoms with Gasteiger partial charge >= 0.3 is 12.3 Å². The van der Waals surface area contributed by atoms with Gasteiger partial charge in [0.15, 0.2) is 18.0 Å². The molecule has 4 rings (SSSR count). The number of carbonyl (C=O) groups is 5. The van der Waals surface area contributed by atoms with Crippen LogP contribution in [0.15, 0.2) is 23.8 Å². The van der Waals surface area contributed by atoms with Crippen LogP contribution in [0.3, 0.4) is 0 Å². The maximum atomic E-state index is 13.9. The first kappa shape index (κ1) is 28.0. The predicted molar refractivity (Wildman–Crippen MR) is 135 cm³/mol. The predicted octanol–water partition coefficient (Wildman–Crippen LogP) is 4.91. The summed E-state index contributed by atoms with van der Waals surface area (Å²) in [5.74, 6) is -1.16. The molecular formula is C29H38O9. The molecule has 0 aliphatic heterocycles. The smallest absolute Gasteiger partial charge is 0.434 e. The highest BCUT2D eigenvalue weighted by Crippen LogP contribution is 2.67. The van der Waals surface area contributed by atoms with Crippen molar-refractivity contribution in [3.63, 3.8) is 0 Å². The summed E-state index contributed by atoms with van der Waals surface area (Å²) >= 11 is 0. The van der Waals surface area contributed by atoms with Crippen LogP contribution in [0.2, 0.25) is 0 Å². The normalized spacial score (nSPS) is 35.5. The zero-order valence-corrected chi connectivity index (χ0v) is 22.9. The van der Waals surface area contributed by atoms with E-state index in [1.165, 1.54) is 6.08 Å². The highest BCUT2D eigenvalue weighted by molar-refractivity contribution is 6.02. The van der Waals surface area contributed by atoms with Gasteiger partial charge in [0.05, 0.1) is 12.7 Å². The van der Waals surface area contributed by atoms with E-state index < -0.39 is 47.2 Å². The molecule has 0 heterocycles. The molecule has 4 aliphatic carbocycles. The molecule has 0 radical (unpaired) electrons. The van der Waals surface area contributed by atoms with Gasteiger partial charge < -0.3 is 18.9 Å². The summed E-state index contributed by atoms with van der Waals surface area (Å²) in [5, 5.41) is 0. The third kappa shape index (κ3) is 4.58. The number of ether oxygens (including phenoxy) is 4. The number of carbonyl (C=O) groups excluding carboxylic acids is 5. The zero-order valence-electron chi connectivity index (χ0n) is 22.9. The Labute approximate surface area is 223 Å². The molecule has 0 amide bonds. The summed E-state index contributed by atoms with van der Waals surface area (Å²) in [6.45, 7) is 8.49. The first-order chi connectivity index (χ1) is 17.9. The SMILES string of the molecule is CCCOC(=O)O[C@]1(C(=O)COC(=O)OC(C)C)CC[C@H]2[C@@H]3CCC4=CC(=O)C=C[C@]4(C)[C@H]3C(=O)C[C@@]21C. The molecule has 0 aromatic rings. The lowest BCUT2D eigenvalue weighted by molar-refractivity contribution is -0.173. The lowest BCUT2D eigenvalue weighted by Gasteiger charge is -2.57. The standard InChI is InChI=1S/C29H38O9/c1-6-13-35-26(34)38-29(23(32)16-36-25(33)37-17(2)3)12-10-21-20-8-7-18-14-19(30)9-11-27(18,4)24(20)22(31)15-28(21,29)5/h9,11,14,17,20-21,24H,6-8,10,12-13,15-16H2,1-5H3/t20-,21-,24+,27-,28-,29-/m0/s1. The van der Waals surface area contributed by atoms with E-state index in [1.54, 1.807) is 19.9 Å². The van der Waals surface area contributed by atoms with Gasteiger partial charge in [0.1, 0.15) is 5.78 Å². The molecule has 6 atom stereocenters. The maximum Gasteiger partial charge on any atom is 0.509 e. The molecule has 0 bridgehead atoms. The molecule has 3 saturated carbocycles. The topological polar surface area (TPSA) is 122 Å². The van der Waals surface area contributed by atoms with Crippen LogP contribution in [0.4, 0.5) is 9.59 Å². The summed E-state index contributed by atoms with van der Waals surface area (Å²) in [6.07, 6.45) is 5.39. The van der Waals surface area contributed by atoms with E-state index in [9.17, 15) is 24.0 Å². The van der Waals surface area contributed by atoms with Crippen molar-refractivity contribution >= 4 is 29.7 Å². The first-order valence-corrected chi connectivity index (χ1v) is 13.6. The Morgan fingerprint density at radius 3 is 2.50 bits per heavy atom. The van der Waals surface area contributed by atoms with Crippen LogP contribution in [0.25, 0.3) is 0 Å². The van der Waals surface area contributed by atoms with E-state index in [1.807, 2.05) is 26.8 Å². The number of allylic oxidation sites excluding steroid dienone is 4. The summed E-state index contributed by atoms with van der Waals surface area (Å²) in [5.41, 5.74) is -2.28. The molecule has 0 aromatic carbocycles. The van der Waals surface area contributed by atoms with Gasteiger partial charge in [0.25, 0.3) is 0 Å². The lowest BCUT2D eigenvalue weighted by Crippen LogP contribution is -2.62. The quantitative estimate of drug-likeness (QED) is 0.423. The molecule has 9 nitrogen and oxygen atoms in total. The van der Waals surface area contributed by atoms with Gasteiger partial charge in [-0.05, 0) is 69.9 Å². The van der Waals surface area contributed by atoms with Crippen LogP contribution in [0.5, 0.6) is 0 Å². The van der Waals surface area contributed by atoms with Crippen molar-refractivity contribution in [1.82, 2.24) is 0 Å². The summed E-state index contributed by atoms with van der Waals surface area (Å²) in [7, 11) is 0. The van der Waals surface area contributed by atoms with Crippen molar-refractivity contribution < 1.29 is 42.9 Å². The van der Waals surface area contributed by atoms with E-state index in [0.29, 0.717) is 25.7 Å². The monoisotopic (exact) mass is 530 g/mol. The van der Waals surface area contributed by atoms with Crippen molar-refractivity contribution in [2.24, 2.45) is 28.6 Å². The molecule has 9 heteroatoms. The number of rotatable bonds is 7. The molecule has 3 fully saturated rings.